The van der Waals surface area contributed by atoms with E-state index in [1.165, 1.54) is 23.2 Å². The van der Waals surface area contributed by atoms with Crippen LogP contribution < -0.4 is 16.8 Å². The molecule has 9 nitrogen and oxygen atoms in total. The maximum absolute atomic E-state index is 15.6. The molecule has 0 bridgehead atoms. The van der Waals surface area contributed by atoms with Crippen LogP contribution in [0.5, 0.6) is 0 Å². The van der Waals surface area contributed by atoms with E-state index in [-0.39, 0.29) is 34.2 Å². The highest BCUT2D eigenvalue weighted by atomic mass is 35.5. The lowest BCUT2D eigenvalue weighted by Gasteiger charge is -2.25. The molecule has 1 spiro atoms. The molecule has 1 aliphatic carbocycles. The van der Waals surface area contributed by atoms with Gasteiger partial charge in [-0.05, 0) is 31.4 Å². The van der Waals surface area contributed by atoms with Crippen molar-refractivity contribution in [2.75, 3.05) is 37.4 Å². The summed E-state index contributed by atoms with van der Waals surface area (Å²) in [5, 5.41) is 8.05. The van der Waals surface area contributed by atoms with E-state index in [1.807, 2.05) is 0 Å². The zero-order valence-corrected chi connectivity index (χ0v) is 19.0. The Hall–Kier alpha value is -3.40. The quantitative estimate of drug-likeness (QED) is 0.502. The average molecular weight is 471 g/mol. The number of pyridine rings is 1. The van der Waals surface area contributed by atoms with E-state index in [2.05, 4.69) is 20.4 Å². The Balaban J connectivity index is 1.58. The predicted octanol–water partition coefficient (Wildman–Crippen LogP) is 3.09. The van der Waals surface area contributed by atoms with Gasteiger partial charge in [-0.15, -0.1) is 5.10 Å². The molecule has 1 saturated carbocycles. The van der Waals surface area contributed by atoms with Gasteiger partial charge in [-0.3, -0.25) is 4.79 Å². The largest absolute Gasteiger partial charge is 0.398 e. The van der Waals surface area contributed by atoms with E-state index in [4.69, 9.17) is 23.1 Å². The maximum atomic E-state index is 15.6. The van der Waals surface area contributed by atoms with Crippen LogP contribution >= 0.6 is 11.6 Å². The van der Waals surface area contributed by atoms with Crippen molar-refractivity contribution < 1.29 is 9.18 Å². The number of carbonyl (C=O) groups is 1. The van der Waals surface area contributed by atoms with Gasteiger partial charge < -0.3 is 21.7 Å². The Bertz CT molecular complexity index is 1280. The van der Waals surface area contributed by atoms with E-state index in [9.17, 15) is 4.79 Å². The number of nitrogen functional groups attached to an aromatic ring is 2. The van der Waals surface area contributed by atoms with Crippen LogP contribution in [0.1, 0.15) is 41.2 Å². The third kappa shape index (κ3) is 3.28. The first kappa shape index (κ1) is 21.4. The van der Waals surface area contributed by atoms with Gasteiger partial charge in [-0.1, -0.05) is 11.6 Å². The normalized spacial score (nSPS) is 21.3. The predicted molar refractivity (Wildman–Crippen MR) is 125 cm³/mol. The highest BCUT2D eigenvalue weighted by Crippen LogP contribution is 2.54. The smallest absolute Gasteiger partial charge is 0.258 e. The monoisotopic (exact) mass is 470 g/mol. The van der Waals surface area contributed by atoms with Crippen molar-refractivity contribution in [2.24, 2.45) is 0 Å². The molecule has 5 rings (SSSR count). The van der Waals surface area contributed by atoms with Gasteiger partial charge in [0.25, 0.3) is 5.91 Å². The van der Waals surface area contributed by atoms with E-state index >= 15 is 4.39 Å². The number of fused-ring (bicyclic) bond motifs is 2. The summed E-state index contributed by atoms with van der Waals surface area (Å²) < 4.78 is 17.4. The molecular weight excluding hydrogens is 447 g/mol. The molecule has 3 heterocycles. The number of nitrogens with one attached hydrogen (secondary N) is 1. The molecule has 11 heteroatoms. The maximum Gasteiger partial charge on any atom is 0.258 e. The summed E-state index contributed by atoms with van der Waals surface area (Å²) in [4.78, 5) is 22.4. The van der Waals surface area contributed by atoms with Crippen molar-refractivity contribution in [1.82, 2.24) is 24.6 Å². The van der Waals surface area contributed by atoms with Crippen molar-refractivity contribution in [3.05, 3.63) is 46.6 Å². The summed E-state index contributed by atoms with van der Waals surface area (Å²) in [6.07, 6.45) is 5.69. The minimum atomic E-state index is -0.709. The number of anilines is 3. The molecule has 1 aromatic carbocycles. The Morgan fingerprint density at radius 2 is 2.09 bits per heavy atom. The number of carbonyl (C=O) groups excluding carboxylic acids is 1. The Morgan fingerprint density at radius 1 is 1.30 bits per heavy atom. The van der Waals surface area contributed by atoms with Gasteiger partial charge in [0.2, 0.25) is 5.95 Å². The first-order valence-electron chi connectivity index (χ1n) is 10.6. The van der Waals surface area contributed by atoms with E-state index in [0.717, 1.165) is 24.8 Å². The molecule has 5 N–H and O–H groups in total. The first-order valence-corrected chi connectivity index (χ1v) is 11.0. The highest BCUT2D eigenvalue weighted by Gasteiger charge is 2.48. The second-order valence-corrected chi connectivity index (χ2v) is 9.29. The number of amides is 1. The van der Waals surface area contributed by atoms with Crippen LogP contribution in [0.3, 0.4) is 0 Å². The van der Waals surface area contributed by atoms with E-state index < -0.39 is 11.7 Å². The number of aromatic nitrogens is 4. The molecule has 1 amide bonds. The molecule has 2 aromatic heterocycles. The van der Waals surface area contributed by atoms with Gasteiger partial charge in [-0.2, -0.15) is 0 Å². The highest BCUT2D eigenvalue weighted by molar-refractivity contribution is 6.34. The van der Waals surface area contributed by atoms with Crippen molar-refractivity contribution >= 4 is 35.0 Å². The average Bonchev–Trinajstić information content (AvgIpc) is 3.49. The Morgan fingerprint density at radius 3 is 2.79 bits per heavy atom. The van der Waals surface area contributed by atoms with Gasteiger partial charge in [0.15, 0.2) is 0 Å². The lowest BCUT2D eigenvalue weighted by atomic mass is 9.80. The number of halogens is 2. The summed E-state index contributed by atoms with van der Waals surface area (Å²) in [6, 6.07) is 3.18. The van der Waals surface area contributed by atoms with Crippen LogP contribution in [-0.2, 0) is 5.41 Å². The molecule has 0 saturated heterocycles. The standard InChI is InChI=1S/C22H24ClFN8O/c1-31(2)20(33)15-14(25)4-3-12(18(15)24)13-8-27-19-16(17(13)23)22(9-28-19)6-5-11(7-22)32-10-29-21(26)30-32/h3-4,8,10-11H,5-7,9,25H2,1-2H3,(H2,26,30)(H,27,28). The minimum Gasteiger partial charge on any atom is -0.398 e. The van der Waals surface area contributed by atoms with Gasteiger partial charge in [0, 0.05) is 54.6 Å². The topological polar surface area (TPSA) is 128 Å². The fraction of sp³-hybridized carbons (Fsp3) is 0.364. The molecule has 3 aromatic rings. The number of hydrogen-bond donors (Lipinski definition) is 3. The zero-order valence-electron chi connectivity index (χ0n) is 18.3. The summed E-state index contributed by atoms with van der Waals surface area (Å²) in [5.41, 5.74) is 12.7. The lowest BCUT2D eigenvalue weighted by Crippen LogP contribution is -2.26. The third-order valence-electron chi connectivity index (χ3n) is 6.71. The fourth-order valence-electron chi connectivity index (χ4n) is 5.05. The van der Waals surface area contributed by atoms with Crippen LogP contribution in [0.25, 0.3) is 11.1 Å². The fourth-order valence-corrected chi connectivity index (χ4v) is 5.49. The minimum absolute atomic E-state index is 0.0732. The summed E-state index contributed by atoms with van der Waals surface area (Å²) in [6.45, 7) is 0.674. The SMILES string of the molecule is CN(C)C(=O)c1c(N)ccc(-c2cnc3c(c2Cl)C2(CCC(n4cnc(N)n4)C2)CN3)c1F. The number of nitrogens with two attached hydrogens (primary N) is 2. The van der Waals surface area contributed by atoms with Gasteiger partial charge in [0.1, 0.15) is 18.0 Å². The molecule has 1 fully saturated rings. The van der Waals surface area contributed by atoms with Crippen molar-refractivity contribution in [2.45, 2.75) is 30.7 Å². The van der Waals surface area contributed by atoms with E-state index in [1.54, 1.807) is 25.1 Å². The Labute approximate surface area is 194 Å². The first-order chi connectivity index (χ1) is 15.7. The zero-order chi connectivity index (χ0) is 23.5. The van der Waals surface area contributed by atoms with Crippen molar-refractivity contribution in [3.63, 3.8) is 0 Å². The summed E-state index contributed by atoms with van der Waals surface area (Å²) in [7, 11) is 3.10. The molecule has 2 unspecified atom stereocenters. The summed E-state index contributed by atoms with van der Waals surface area (Å²) in [5.74, 6) is -0.284. The second kappa shape index (κ2) is 7.58. The summed E-state index contributed by atoms with van der Waals surface area (Å²) >= 11 is 6.93. The number of rotatable bonds is 3. The number of nitrogens with zero attached hydrogens (tertiary/aromatic N) is 5. The van der Waals surface area contributed by atoms with Crippen molar-refractivity contribution in [3.8, 4) is 11.1 Å². The van der Waals surface area contributed by atoms with Crippen LogP contribution in [0.15, 0.2) is 24.7 Å². The molecule has 2 aliphatic rings. The van der Waals surface area contributed by atoms with E-state index in [0.29, 0.717) is 22.9 Å². The lowest BCUT2D eigenvalue weighted by molar-refractivity contribution is 0.0824. The molecule has 1 aliphatic heterocycles. The van der Waals surface area contributed by atoms with Gasteiger partial charge in [-0.25, -0.2) is 19.0 Å². The molecule has 2 atom stereocenters. The van der Waals surface area contributed by atoms with Gasteiger partial charge in [0.05, 0.1) is 16.6 Å². The van der Waals surface area contributed by atoms with Crippen molar-refractivity contribution in [1.29, 1.82) is 0 Å². The molecular formula is C22H24ClFN8O. The molecule has 0 radical (unpaired) electrons. The molecule has 172 valence electrons. The van der Waals surface area contributed by atoms with Crippen LogP contribution in [0.2, 0.25) is 5.02 Å². The van der Waals surface area contributed by atoms with Crippen LogP contribution in [-0.4, -0.2) is 51.2 Å². The Kier molecular flexibility index (Phi) is 4.93. The molecule has 33 heavy (non-hydrogen) atoms. The number of hydrogen-bond acceptors (Lipinski definition) is 7. The third-order valence-corrected chi connectivity index (χ3v) is 7.10. The van der Waals surface area contributed by atoms with Gasteiger partial charge >= 0.3 is 0 Å². The number of benzene rings is 1. The van der Waals surface area contributed by atoms with Crippen LogP contribution in [0, 0.1) is 5.82 Å². The van der Waals surface area contributed by atoms with Crippen LogP contribution in [0.4, 0.5) is 21.8 Å². The second-order valence-electron chi connectivity index (χ2n) is 8.91.